The van der Waals surface area contributed by atoms with Crippen LogP contribution in [-0.2, 0) is 0 Å². The van der Waals surface area contributed by atoms with E-state index >= 15 is 0 Å². The Morgan fingerprint density at radius 1 is 1.03 bits per heavy atom. The zero-order valence-electron chi connectivity index (χ0n) is 16.1. The van der Waals surface area contributed by atoms with E-state index in [2.05, 4.69) is 43.8 Å². The first-order valence-electron chi connectivity index (χ1n) is 9.37. The van der Waals surface area contributed by atoms with Crippen molar-refractivity contribution in [2.75, 3.05) is 5.32 Å². The summed E-state index contributed by atoms with van der Waals surface area (Å²) in [6, 6.07) is 20.8. The first-order valence-corrected chi connectivity index (χ1v) is 9.37. The third kappa shape index (κ3) is 3.42. The Balaban J connectivity index is 1.34. The average molecular weight is 395 g/mol. The Kier molecular flexibility index (Phi) is 4.29. The van der Waals surface area contributed by atoms with Crippen LogP contribution in [0.5, 0.6) is 0 Å². The van der Waals surface area contributed by atoms with Gasteiger partial charge in [0.2, 0.25) is 0 Å². The standard InChI is InChI=1S/C22H17N7O/c1-14-5-10-19-20(11-14)26-21(25-19)15-6-8-17(9-7-15)24-22(30)16-3-2-4-18(12-16)29-13-23-27-28-29/h2-13H,1H3,(H,24,30)(H,25,26). The highest BCUT2D eigenvalue weighted by Crippen LogP contribution is 2.23. The van der Waals surface area contributed by atoms with Gasteiger partial charge in [0.25, 0.3) is 5.91 Å². The van der Waals surface area contributed by atoms with Crippen molar-refractivity contribution >= 4 is 22.6 Å². The van der Waals surface area contributed by atoms with E-state index in [1.54, 1.807) is 18.2 Å². The molecular weight excluding hydrogens is 378 g/mol. The normalized spacial score (nSPS) is 11.0. The number of nitrogens with zero attached hydrogens (tertiary/aromatic N) is 5. The molecule has 0 unspecified atom stereocenters. The lowest BCUT2D eigenvalue weighted by atomic mass is 10.1. The molecule has 0 fully saturated rings. The molecule has 0 aliphatic heterocycles. The summed E-state index contributed by atoms with van der Waals surface area (Å²) in [6.45, 7) is 2.05. The SMILES string of the molecule is Cc1ccc2nc(-c3ccc(NC(=O)c4cccc(-n5cnnn5)c4)cc3)[nH]c2c1. The topological polar surface area (TPSA) is 101 Å². The number of fused-ring (bicyclic) bond motifs is 1. The fourth-order valence-corrected chi connectivity index (χ4v) is 3.24. The van der Waals surface area contributed by atoms with E-state index in [1.165, 1.54) is 16.6 Å². The van der Waals surface area contributed by atoms with Gasteiger partial charge < -0.3 is 10.3 Å². The van der Waals surface area contributed by atoms with Crippen LogP contribution >= 0.6 is 0 Å². The number of amides is 1. The molecule has 8 heteroatoms. The van der Waals surface area contributed by atoms with Crippen LogP contribution in [0.15, 0.2) is 73.1 Å². The number of nitrogens with one attached hydrogen (secondary N) is 2. The summed E-state index contributed by atoms with van der Waals surface area (Å²) in [5.74, 6) is 0.583. The van der Waals surface area contributed by atoms with Gasteiger partial charge in [-0.25, -0.2) is 9.67 Å². The van der Waals surface area contributed by atoms with E-state index in [4.69, 9.17) is 0 Å². The number of carbonyl (C=O) groups is 1. The second-order valence-electron chi connectivity index (χ2n) is 6.94. The number of aryl methyl sites for hydroxylation is 1. The van der Waals surface area contributed by atoms with Crippen molar-refractivity contribution < 1.29 is 4.79 Å². The molecule has 5 aromatic rings. The van der Waals surface area contributed by atoms with Crippen molar-refractivity contribution in [3.8, 4) is 17.1 Å². The highest BCUT2D eigenvalue weighted by Gasteiger charge is 2.10. The van der Waals surface area contributed by atoms with Crippen LogP contribution in [0.3, 0.4) is 0 Å². The fourth-order valence-electron chi connectivity index (χ4n) is 3.24. The van der Waals surface area contributed by atoms with Gasteiger partial charge >= 0.3 is 0 Å². The predicted molar refractivity (Wildman–Crippen MR) is 113 cm³/mol. The summed E-state index contributed by atoms with van der Waals surface area (Å²) in [6.07, 6.45) is 1.48. The van der Waals surface area contributed by atoms with Crippen LogP contribution < -0.4 is 5.32 Å². The maximum absolute atomic E-state index is 12.6. The quantitative estimate of drug-likeness (QED) is 0.482. The second-order valence-corrected chi connectivity index (χ2v) is 6.94. The smallest absolute Gasteiger partial charge is 0.255 e. The van der Waals surface area contributed by atoms with E-state index in [9.17, 15) is 4.79 Å². The van der Waals surface area contributed by atoms with E-state index in [-0.39, 0.29) is 5.91 Å². The van der Waals surface area contributed by atoms with Gasteiger partial charge in [0, 0.05) is 16.8 Å². The first kappa shape index (κ1) is 17.7. The molecule has 0 aliphatic rings. The monoisotopic (exact) mass is 395 g/mol. The maximum atomic E-state index is 12.6. The summed E-state index contributed by atoms with van der Waals surface area (Å²) in [7, 11) is 0. The Morgan fingerprint density at radius 2 is 1.90 bits per heavy atom. The molecule has 2 aromatic heterocycles. The Hall–Kier alpha value is -4.33. The fraction of sp³-hybridized carbons (Fsp3) is 0.0455. The zero-order chi connectivity index (χ0) is 20.5. The van der Waals surface area contributed by atoms with Crippen LogP contribution in [0.1, 0.15) is 15.9 Å². The van der Waals surface area contributed by atoms with Crippen LogP contribution in [0.2, 0.25) is 0 Å². The highest BCUT2D eigenvalue weighted by molar-refractivity contribution is 6.04. The zero-order valence-corrected chi connectivity index (χ0v) is 16.1. The molecule has 8 nitrogen and oxygen atoms in total. The molecule has 0 saturated carbocycles. The molecule has 3 aromatic carbocycles. The van der Waals surface area contributed by atoms with Crippen LogP contribution in [0.4, 0.5) is 5.69 Å². The summed E-state index contributed by atoms with van der Waals surface area (Å²) >= 11 is 0. The van der Waals surface area contributed by atoms with Crippen molar-refractivity contribution in [1.29, 1.82) is 0 Å². The maximum Gasteiger partial charge on any atom is 0.255 e. The molecule has 0 atom stereocenters. The molecule has 5 rings (SSSR count). The number of rotatable bonds is 4. The van der Waals surface area contributed by atoms with Crippen molar-refractivity contribution in [2.24, 2.45) is 0 Å². The van der Waals surface area contributed by atoms with Gasteiger partial charge in [0.1, 0.15) is 12.2 Å². The van der Waals surface area contributed by atoms with Gasteiger partial charge in [0.05, 0.1) is 16.7 Å². The highest BCUT2D eigenvalue weighted by atomic mass is 16.1. The molecule has 30 heavy (non-hydrogen) atoms. The molecule has 2 N–H and O–H groups in total. The van der Waals surface area contributed by atoms with E-state index in [0.717, 1.165) is 22.4 Å². The summed E-state index contributed by atoms with van der Waals surface area (Å²) in [5.41, 5.74) is 5.98. The van der Waals surface area contributed by atoms with E-state index < -0.39 is 0 Å². The molecule has 0 saturated heterocycles. The lowest BCUT2D eigenvalue weighted by Gasteiger charge is -2.07. The number of aromatic nitrogens is 6. The largest absolute Gasteiger partial charge is 0.338 e. The third-order valence-electron chi connectivity index (χ3n) is 4.78. The number of H-pyrrole nitrogens is 1. The molecule has 0 spiro atoms. The van der Waals surface area contributed by atoms with Gasteiger partial charge in [-0.05, 0) is 77.5 Å². The van der Waals surface area contributed by atoms with Crippen LogP contribution in [0, 0.1) is 6.92 Å². The number of carbonyl (C=O) groups excluding carboxylic acids is 1. The Morgan fingerprint density at radius 3 is 2.70 bits per heavy atom. The van der Waals surface area contributed by atoms with Crippen LogP contribution in [0.25, 0.3) is 28.1 Å². The Bertz CT molecular complexity index is 1340. The number of aromatic amines is 1. The van der Waals surface area contributed by atoms with Gasteiger partial charge in [0.15, 0.2) is 0 Å². The summed E-state index contributed by atoms with van der Waals surface area (Å²) in [4.78, 5) is 20.6. The van der Waals surface area contributed by atoms with Gasteiger partial charge in [-0.1, -0.05) is 12.1 Å². The second kappa shape index (κ2) is 7.25. The van der Waals surface area contributed by atoms with E-state index in [0.29, 0.717) is 16.9 Å². The number of imidazole rings is 1. The minimum Gasteiger partial charge on any atom is -0.338 e. The number of hydrogen-bond donors (Lipinski definition) is 2. The van der Waals surface area contributed by atoms with Crippen molar-refractivity contribution in [1.82, 2.24) is 30.2 Å². The van der Waals surface area contributed by atoms with E-state index in [1.807, 2.05) is 42.5 Å². The minimum absolute atomic E-state index is 0.211. The van der Waals surface area contributed by atoms with Gasteiger partial charge in [-0.2, -0.15) is 0 Å². The predicted octanol–water partition coefficient (Wildman–Crippen LogP) is 3.77. The molecular formula is C22H17N7O. The third-order valence-corrected chi connectivity index (χ3v) is 4.78. The lowest BCUT2D eigenvalue weighted by Crippen LogP contribution is -2.12. The number of hydrogen-bond acceptors (Lipinski definition) is 5. The van der Waals surface area contributed by atoms with Gasteiger partial charge in [-0.15, -0.1) is 5.10 Å². The number of benzene rings is 3. The first-order chi connectivity index (χ1) is 14.7. The number of tetrazole rings is 1. The molecule has 0 aliphatic carbocycles. The minimum atomic E-state index is -0.211. The summed E-state index contributed by atoms with van der Waals surface area (Å²) < 4.78 is 1.50. The van der Waals surface area contributed by atoms with Crippen LogP contribution in [-0.4, -0.2) is 36.1 Å². The molecule has 0 bridgehead atoms. The Labute approximate surface area is 171 Å². The molecule has 0 radical (unpaired) electrons. The average Bonchev–Trinajstić information content (AvgIpc) is 3.44. The number of anilines is 1. The summed E-state index contributed by atoms with van der Waals surface area (Å²) in [5, 5.41) is 14.0. The van der Waals surface area contributed by atoms with Gasteiger partial charge in [-0.3, -0.25) is 4.79 Å². The molecule has 1 amide bonds. The van der Waals surface area contributed by atoms with Crippen molar-refractivity contribution in [3.63, 3.8) is 0 Å². The lowest BCUT2D eigenvalue weighted by molar-refractivity contribution is 0.102. The van der Waals surface area contributed by atoms with Crippen molar-refractivity contribution in [2.45, 2.75) is 6.92 Å². The molecule has 146 valence electrons. The van der Waals surface area contributed by atoms with Crippen molar-refractivity contribution in [3.05, 3.63) is 84.2 Å². The molecule has 2 heterocycles.